The zero-order chi connectivity index (χ0) is 19.2. The van der Waals surface area contributed by atoms with Crippen LogP contribution in [0.3, 0.4) is 0 Å². The smallest absolute Gasteiger partial charge is 0.480 e. The first-order chi connectivity index (χ1) is 12.2. The molecule has 1 amide bonds. The first-order valence-corrected chi connectivity index (χ1v) is 8.18. The third-order valence-corrected chi connectivity index (χ3v) is 4.04. The predicted octanol–water partition coefficient (Wildman–Crippen LogP) is 2.61. The third kappa shape index (κ3) is 6.55. The van der Waals surface area contributed by atoms with Crippen molar-refractivity contribution in [2.75, 3.05) is 19.8 Å². The topological polar surface area (TPSA) is 76.1 Å². The average molecular weight is 375 g/mol. The SMILES string of the molecule is O=C(O)CN(C(=O)CCc1ccc(OC(F)(F)F)cc1)C1CCOCC1. The first kappa shape index (κ1) is 20.0. The monoisotopic (exact) mass is 375 g/mol. The summed E-state index contributed by atoms with van der Waals surface area (Å²) in [5.74, 6) is -1.71. The van der Waals surface area contributed by atoms with Crippen LogP contribution in [0.1, 0.15) is 24.8 Å². The molecule has 0 unspecified atom stereocenters. The maximum atomic E-state index is 12.5. The van der Waals surface area contributed by atoms with Crippen molar-refractivity contribution in [2.24, 2.45) is 0 Å². The van der Waals surface area contributed by atoms with Gasteiger partial charge in [-0.3, -0.25) is 9.59 Å². The molecule has 1 aromatic rings. The van der Waals surface area contributed by atoms with Gasteiger partial charge in [-0.15, -0.1) is 13.2 Å². The summed E-state index contributed by atoms with van der Waals surface area (Å²) in [4.78, 5) is 24.9. The van der Waals surface area contributed by atoms with Crippen LogP contribution in [0.25, 0.3) is 0 Å². The molecule has 0 spiro atoms. The minimum Gasteiger partial charge on any atom is -0.480 e. The molecule has 2 rings (SSSR count). The van der Waals surface area contributed by atoms with Gasteiger partial charge in [0.1, 0.15) is 12.3 Å². The lowest BCUT2D eigenvalue weighted by Gasteiger charge is -2.33. The van der Waals surface area contributed by atoms with E-state index in [4.69, 9.17) is 9.84 Å². The number of halogens is 3. The molecule has 1 heterocycles. The molecule has 1 saturated heterocycles. The Labute approximate surface area is 148 Å². The average Bonchev–Trinajstić information content (AvgIpc) is 2.58. The fourth-order valence-corrected chi connectivity index (χ4v) is 2.82. The molecule has 0 aromatic heterocycles. The number of aliphatic carboxylic acids is 1. The zero-order valence-corrected chi connectivity index (χ0v) is 14.0. The molecule has 1 N–H and O–H groups in total. The van der Waals surface area contributed by atoms with Crippen LogP contribution in [-0.4, -0.2) is 54.0 Å². The fourth-order valence-electron chi connectivity index (χ4n) is 2.82. The Morgan fingerprint density at radius 2 is 1.81 bits per heavy atom. The lowest BCUT2D eigenvalue weighted by Crippen LogP contribution is -2.46. The largest absolute Gasteiger partial charge is 0.573 e. The van der Waals surface area contributed by atoms with Crippen LogP contribution in [0.2, 0.25) is 0 Å². The van der Waals surface area contributed by atoms with Crippen LogP contribution in [0.15, 0.2) is 24.3 Å². The number of hydrogen-bond acceptors (Lipinski definition) is 4. The van der Waals surface area contributed by atoms with E-state index in [1.54, 1.807) is 0 Å². The van der Waals surface area contributed by atoms with E-state index in [0.717, 1.165) is 0 Å². The molecule has 0 aliphatic carbocycles. The highest BCUT2D eigenvalue weighted by Crippen LogP contribution is 2.23. The summed E-state index contributed by atoms with van der Waals surface area (Å²) in [5, 5.41) is 9.04. The number of alkyl halides is 3. The van der Waals surface area contributed by atoms with Crippen molar-refractivity contribution in [3.63, 3.8) is 0 Å². The minimum atomic E-state index is -4.75. The summed E-state index contributed by atoms with van der Waals surface area (Å²) < 4.78 is 45.4. The van der Waals surface area contributed by atoms with E-state index in [0.29, 0.717) is 38.0 Å². The molecule has 1 fully saturated rings. The van der Waals surface area contributed by atoms with Crippen LogP contribution < -0.4 is 4.74 Å². The van der Waals surface area contributed by atoms with Crippen LogP contribution >= 0.6 is 0 Å². The number of aryl methyl sites for hydroxylation is 1. The Kier molecular flexibility index (Phi) is 6.84. The Hall–Kier alpha value is -2.29. The molecule has 6 nitrogen and oxygen atoms in total. The molecule has 0 atom stereocenters. The molecular formula is C17H20F3NO5. The maximum absolute atomic E-state index is 12.5. The van der Waals surface area contributed by atoms with Gasteiger partial charge in [0.05, 0.1) is 0 Å². The van der Waals surface area contributed by atoms with E-state index in [1.165, 1.54) is 29.2 Å². The van der Waals surface area contributed by atoms with Gasteiger partial charge in [-0.1, -0.05) is 12.1 Å². The highest BCUT2D eigenvalue weighted by molar-refractivity contribution is 5.81. The molecule has 0 radical (unpaired) electrons. The van der Waals surface area contributed by atoms with Crippen molar-refractivity contribution < 1.29 is 37.3 Å². The van der Waals surface area contributed by atoms with E-state index in [2.05, 4.69) is 4.74 Å². The Morgan fingerprint density at radius 3 is 2.35 bits per heavy atom. The van der Waals surface area contributed by atoms with Gasteiger partial charge in [0.2, 0.25) is 5.91 Å². The molecule has 9 heteroatoms. The molecule has 1 aliphatic rings. The summed E-state index contributed by atoms with van der Waals surface area (Å²) in [6.45, 7) is 0.589. The number of rotatable bonds is 7. The quantitative estimate of drug-likeness (QED) is 0.793. The van der Waals surface area contributed by atoms with Gasteiger partial charge < -0.3 is 19.5 Å². The molecule has 144 valence electrons. The maximum Gasteiger partial charge on any atom is 0.573 e. The van der Waals surface area contributed by atoms with E-state index in [-0.39, 0.29) is 30.7 Å². The number of carbonyl (C=O) groups excluding carboxylic acids is 1. The highest BCUT2D eigenvalue weighted by atomic mass is 19.4. The van der Waals surface area contributed by atoms with E-state index in [9.17, 15) is 22.8 Å². The van der Waals surface area contributed by atoms with Gasteiger partial charge >= 0.3 is 12.3 Å². The number of carboxylic acid groups (broad SMARTS) is 1. The second-order valence-corrected chi connectivity index (χ2v) is 5.95. The predicted molar refractivity (Wildman–Crippen MR) is 84.6 cm³/mol. The lowest BCUT2D eigenvalue weighted by atomic mass is 10.0. The normalized spacial score (nSPS) is 15.5. The number of carboxylic acids is 1. The summed E-state index contributed by atoms with van der Waals surface area (Å²) in [5.41, 5.74) is 0.662. The zero-order valence-electron chi connectivity index (χ0n) is 14.0. The second-order valence-electron chi connectivity index (χ2n) is 5.95. The van der Waals surface area contributed by atoms with Crippen molar-refractivity contribution in [1.82, 2.24) is 4.90 Å². The first-order valence-electron chi connectivity index (χ1n) is 8.18. The van der Waals surface area contributed by atoms with Gasteiger partial charge in [0.15, 0.2) is 0 Å². The number of amides is 1. The number of benzene rings is 1. The standard InChI is InChI=1S/C17H20F3NO5/c18-17(19,20)26-14-4-1-12(2-5-14)3-6-15(22)21(11-16(23)24)13-7-9-25-10-8-13/h1-2,4-5,13H,3,6-11H2,(H,23,24). The van der Waals surface area contributed by atoms with Gasteiger partial charge in [-0.05, 0) is 37.0 Å². The molecule has 1 aliphatic heterocycles. The molecule has 0 bridgehead atoms. The fraction of sp³-hybridized carbons (Fsp3) is 0.529. The minimum absolute atomic E-state index is 0.0735. The summed E-state index contributed by atoms with van der Waals surface area (Å²) in [7, 11) is 0. The van der Waals surface area contributed by atoms with Crippen molar-refractivity contribution >= 4 is 11.9 Å². The van der Waals surface area contributed by atoms with E-state index in [1.807, 2.05) is 0 Å². The number of ether oxygens (including phenoxy) is 2. The second kappa shape index (κ2) is 8.88. The summed E-state index contributed by atoms with van der Waals surface area (Å²) >= 11 is 0. The molecule has 0 saturated carbocycles. The Morgan fingerprint density at radius 1 is 1.19 bits per heavy atom. The number of carbonyl (C=O) groups is 2. The number of hydrogen-bond donors (Lipinski definition) is 1. The summed E-state index contributed by atoms with van der Waals surface area (Å²) in [6.07, 6.45) is -3.21. The van der Waals surface area contributed by atoms with Crippen molar-refractivity contribution in [3.8, 4) is 5.75 Å². The highest BCUT2D eigenvalue weighted by Gasteiger charge is 2.31. The molecule has 26 heavy (non-hydrogen) atoms. The van der Waals surface area contributed by atoms with E-state index < -0.39 is 12.3 Å². The van der Waals surface area contributed by atoms with Gasteiger partial charge in [0, 0.05) is 25.7 Å². The van der Waals surface area contributed by atoms with Gasteiger partial charge in [0.25, 0.3) is 0 Å². The van der Waals surface area contributed by atoms with Crippen LogP contribution in [-0.2, 0) is 20.7 Å². The Balaban J connectivity index is 1.92. The van der Waals surface area contributed by atoms with Crippen molar-refractivity contribution in [1.29, 1.82) is 0 Å². The number of nitrogens with zero attached hydrogens (tertiary/aromatic N) is 1. The lowest BCUT2D eigenvalue weighted by molar-refractivity contribution is -0.274. The van der Waals surface area contributed by atoms with Crippen LogP contribution in [0, 0.1) is 0 Å². The summed E-state index contributed by atoms with van der Waals surface area (Å²) in [6, 6.07) is 5.09. The third-order valence-electron chi connectivity index (χ3n) is 4.04. The molecular weight excluding hydrogens is 355 g/mol. The van der Waals surface area contributed by atoms with Crippen LogP contribution in [0.5, 0.6) is 5.75 Å². The van der Waals surface area contributed by atoms with Gasteiger partial charge in [-0.25, -0.2) is 0 Å². The Bertz CT molecular complexity index is 612. The van der Waals surface area contributed by atoms with Crippen molar-refractivity contribution in [3.05, 3.63) is 29.8 Å². The van der Waals surface area contributed by atoms with E-state index >= 15 is 0 Å². The van der Waals surface area contributed by atoms with Crippen LogP contribution in [0.4, 0.5) is 13.2 Å². The van der Waals surface area contributed by atoms with Gasteiger partial charge in [-0.2, -0.15) is 0 Å². The molecule has 1 aromatic carbocycles. The van der Waals surface area contributed by atoms with Crippen molar-refractivity contribution in [2.45, 2.75) is 38.1 Å².